The molecule has 6 nitrogen and oxygen atoms in total. The molecule has 0 saturated heterocycles. The highest BCUT2D eigenvalue weighted by molar-refractivity contribution is 6.12. The van der Waals surface area contributed by atoms with Crippen LogP contribution in [0.25, 0.3) is 112 Å². The highest BCUT2D eigenvalue weighted by Gasteiger charge is 2.24. The van der Waals surface area contributed by atoms with Crippen molar-refractivity contribution in [2.24, 2.45) is 0 Å². The van der Waals surface area contributed by atoms with Gasteiger partial charge in [0, 0.05) is 55.2 Å². The Morgan fingerprint density at radius 1 is 0.339 bits per heavy atom. The average molecular weight is 793 g/mol. The van der Waals surface area contributed by atoms with Crippen molar-refractivity contribution in [1.29, 1.82) is 0 Å². The molecule has 0 unspecified atom stereocenters. The number of aromatic nitrogens is 6. The standard InChI is InChI=1S/C56H36N6/c1-5-18-37(19-6-1)50-36-47-45(53-51(38-20-7-2-8-21-38)52(60-62(50)53)39-22-9-3-10-23-39)28-17-29-46(47)56-58-54(40-24-11-4-12-25-40)57-55(59-56)41-32-34-42(35-33-41)61-48-30-15-13-26-43(48)44-27-14-16-31-49(44)61/h1-36H. The van der Waals surface area contributed by atoms with Gasteiger partial charge in [0.25, 0.3) is 0 Å². The van der Waals surface area contributed by atoms with Crippen molar-refractivity contribution in [3.05, 3.63) is 218 Å². The average Bonchev–Trinajstić information content (AvgIpc) is 3.92. The molecule has 12 aromatic rings. The van der Waals surface area contributed by atoms with Gasteiger partial charge in [-0.25, -0.2) is 19.5 Å². The van der Waals surface area contributed by atoms with Crippen molar-refractivity contribution in [1.82, 2.24) is 29.1 Å². The second-order valence-electron chi connectivity index (χ2n) is 15.5. The maximum absolute atomic E-state index is 5.43. The van der Waals surface area contributed by atoms with Crippen LogP contribution in [-0.4, -0.2) is 29.1 Å². The highest BCUT2D eigenvalue weighted by atomic mass is 15.2. The number of pyridine rings is 1. The summed E-state index contributed by atoms with van der Waals surface area (Å²) < 4.78 is 4.45. The van der Waals surface area contributed by atoms with E-state index in [4.69, 9.17) is 20.1 Å². The van der Waals surface area contributed by atoms with E-state index >= 15 is 0 Å². The Bertz CT molecular complexity index is 3540. The van der Waals surface area contributed by atoms with Crippen LogP contribution in [0.5, 0.6) is 0 Å². The van der Waals surface area contributed by atoms with Crippen molar-refractivity contribution < 1.29 is 0 Å². The lowest BCUT2D eigenvalue weighted by atomic mass is 9.95. The van der Waals surface area contributed by atoms with E-state index in [1.807, 2.05) is 30.3 Å². The molecule has 0 atom stereocenters. The van der Waals surface area contributed by atoms with Crippen molar-refractivity contribution in [3.63, 3.8) is 0 Å². The smallest absolute Gasteiger partial charge is 0.164 e. The van der Waals surface area contributed by atoms with E-state index in [0.29, 0.717) is 17.5 Å². The van der Waals surface area contributed by atoms with Gasteiger partial charge in [-0.1, -0.05) is 176 Å². The van der Waals surface area contributed by atoms with Gasteiger partial charge in [0.05, 0.1) is 22.2 Å². The van der Waals surface area contributed by atoms with Gasteiger partial charge in [-0.05, 0) is 53.4 Å². The van der Waals surface area contributed by atoms with Crippen molar-refractivity contribution in [2.45, 2.75) is 0 Å². The Balaban J connectivity index is 1.09. The van der Waals surface area contributed by atoms with Gasteiger partial charge in [-0.15, -0.1) is 0 Å². The Kier molecular flexibility index (Phi) is 8.38. The number of benzene rings is 8. The lowest BCUT2D eigenvalue weighted by Crippen LogP contribution is -2.02. The molecule has 290 valence electrons. The first-order valence-electron chi connectivity index (χ1n) is 20.8. The van der Waals surface area contributed by atoms with E-state index in [1.165, 1.54) is 21.8 Å². The Hall–Kier alpha value is -8.48. The van der Waals surface area contributed by atoms with Gasteiger partial charge < -0.3 is 4.57 Å². The molecule has 4 aromatic heterocycles. The Morgan fingerprint density at radius 2 is 0.823 bits per heavy atom. The SMILES string of the molecule is c1ccc(-c2nc(-c3ccc(-n4c5ccccc5c5ccccc54)cc3)nc(-c3cccc4c3cc(-c3ccccc3)n3nc(-c5ccccc5)c(-c5ccccc5)c43)n2)cc1. The third-order valence-electron chi connectivity index (χ3n) is 11.8. The zero-order chi connectivity index (χ0) is 41.0. The van der Waals surface area contributed by atoms with E-state index in [1.54, 1.807) is 0 Å². The predicted octanol–water partition coefficient (Wildman–Crippen LogP) is 13.8. The van der Waals surface area contributed by atoms with E-state index in [-0.39, 0.29) is 0 Å². The molecule has 6 heteroatoms. The topological polar surface area (TPSA) is 60.9 Å². The van der Waals surface area contributed by atoms with Crippen LogP contribution in [0.15, 0.2) is 218 Å². The maximum atomic E-state index is 5.43. The van der Waals surface area contributed by atoms with Crippen molar-refractivity contribution in [3.8, 4) is 73.5 Å². The summed E-state index contributed by atoms with van der Waals surface area (Å²) in [6.45, 7) is 0. The van der Waals surface area contributed by atoms with Crippen LogP contribution in [0, 0.1) is 0 Å². The highest BCUT2D eigenvalue weighted by Crippen LogP contribution is 2.43. The van der Waals surface area contributed by atoms with Crippen LogP contribution >= 0.6 is 0 Å². The van der Waals surface area contributed by atoms with E-state index < -0.39 is 0 Å². The van der Waals surface area contributed by atoms with Crippen LogP contribution in [0.3, 0.4) is 0 Å². The number of para-hydroxylation sites is 2. The zero-order valence-electron chi connectivity index (χ0n) is 33.5. The number of hydrogen-bond acceptors (Lipinski definition) is 4. The largest absolute Gasteiger partial charge is 0.309 e. The molecular weight excluding hydrogens is 757 g/mol. The number of nitrogens with zero attached hydrogens (tertiary/aromatic N) is 6. The molecule has 0 N–H and O–H groups in total. The molecule has 0 aliphatic heterocycles. The summed E-state index contributed by atoms with van der Waals surface area (Å²) in [4.78, 5) is 15.7. The minimum Gasteiger partial charge on any atom is -0.309 e. The first kappa shape index (κ1) is 35.5. The van der Waals surface area contributed by atoms with Crippen LogP contribution in [-0.2, 0) is 0 Å². The minimum absolute atomic E-state index is 0.596. The Morgan fingerprint density at radius 3 is 1.44 bits per heavy atom. The van der Waals surface area contributed by atoms with Gasteiger partial charge in [-0.3, -0.25) is 0 Å². The molecule has 12 rings (SSSR count). The molecule has 8 aromatic carbocycles. The van der Waals surface area contributed by atoms with Crippen LogP contribution in [0.2, 0.25) is 0 Å². The molecular formula is C56H36N6. The third kappa shape index (κ3) is 5.88. The van der Waals surface area contributed by atoms with Gasteiger partial charge in [0.2, 0.25) is 0 Å². The number of fused-ring (bicyclic) bond motifs is 6. The minimum atomic E-state index is 0.596. The lowest BCUT2D eigenvalue weighted by Gasteiger charge is -2.14. The molecule has 0 radical (unpaired) electrons. The molecule has 0 fully saturated rings. The van der Waals surface area contributed by atoms with Gasteiger partial charge >= 0.3 is 0 Å². The fraction of sp³-hybridized carbons (Fsp3) is 0. The molecule has 4 heterocycles. The summed E-state index contributed by atoms with van der Waals surface area (Å²) in [5, 5.41) is 9.96. The van der Waals surface area contributed by atoms with Gasteiger partial charge in [-0.2, -0.15) is 5.10 Å². The predicted molar refractivity (Wildman–Crippen MR) is 253 cm³/mol. The molecule has 0 amide bonds. The van der Waals surface area contributed by atoms with Gasteiger partial charge in [0.15, 0.2) is 17.5 Å². The summed E-state index contributed by atoms with van der Waals surface area (Å²) in [5.41, 5.74) is 13.3. The summed E-state index contributed by atoms with van der Waals surface area (Å²) in [5.74, 6) is 1.81. The van der Waals surface area contributed by atoms with Crippen molar-refractivity contribution in [2.75, 3.05) is 0 Å². The summed E-state index contributed by atoms with van der Waals surface area (Å²) in [7, 11) is 0. The molecule has 0 spiro atoms. The molecule has 62 heavy (non-hydrogen) atoms. The Labute approximate surface area is 357 Å². The monoisotopic (exact) mass is 792 g/mol. The van der Waals surface area contributed by atoms with Crippen LogP contribution in [0.1, 0.15) is 0 Å². The van der Waals surface area contributed by atoms with Crippen LogP contribution < -0.4 is 0 Å². The van der Waals surface area contributed by atoms with Crippen molar-refractivity contribution >= 4 is 38.1 Å². The first-order chi connectivity index (χ1) is 30.8. The van der Waals surface area contributed by atoms with E-state index in [9.17, 15) is 0 Å². The lowest BCUT2D eigenvalue weighted by molar-refractivity contribution is 0.979. The third-order valence-corrected chi connectivity index (χ3v) is 11.8. The van der Waals surface area contributed by atoms with E-state index in [0.717, 1.165) is 72.3 Å². The quantitative estimate of drug-likeness (QED) is 0.161. The fourth-order valence-corrected chi connectivity index (χ4v) is 8.95. The number of hydrogen-bond donors (Lipinski definition) is 0. The van der Waals surface area contributed by atoms with Crippen LogP contribution in [0.4, 0.5) is 0 Å². The first-order valence-corrected chi connectivity index (χ1v) is 20.8. The maximum Gasteiger partial charge on any atom is 0.164 e. The number of rotatable bonds is 7. The molecule has 0 aliphatic carbocycles. The zero-order valence-corrected chi connectivity index (χ0v) is 33.5. The van der Waals surface area contributed by atoms with Gasteiger partial charge in [0.1, 0.15) is 5.69 Å². The molecule has 0 aliphatic rings. The normalized spacial score (nSPS) is 11.5. The second-order valence-corrected chi connectivity index (χ2v) is 15.5. The summed E-state index contributed by atoms with van der Waals surface area (Å²) in [6, 6.07) is 76.1. The summed E-state index contributed by atoms with van der Waals surface area (Å²) in [6.07, 6.45) is 0. The summed E-state index contributed by atoms with van der Waals surface area (Å²) >= 11 is 0. The molecule has 0 saturated carbocycles. The molecule has 0 bridgehead atoms. The second kappa shape index (κ2) is 14.7. The van der Waals surface area contributed by atoms with E-state index in [2.05, 4.69) is 197 Å². The fourth-order valence-electron chi connectivity index (χ4n) is 8.95.